The first-order valence-electron chi connectivity index (χ1n) is 5.66. The molecule has 90 valence electrons. The molecule has 1 rings (SSSR count). The van der Waals surface area contributed by atoms with Gasteiger partial charge in [0, 0.05) is 24.9 Å². The first kappa shape index (κ1) is 13.1. The molecule has 0 bridgehead atoms. The van der Waals surface area contributed by atoms with Crippen LogP contribution < -0.4 is 5.73 Å². The van der Waals surface area contributed by atoms with Gasteiger partial charge in [-0.3, -0.25) is 0 Å². The van der Waals surface area contributed by atoms with Crippen molar-refractivity contribution in [3.63, 3.8) is 0 Å². The SMILES string of the molecule is CCC(C)(OC)c1nc(C)cc(CCN)n1. The number of aromatic nitrogens is 2. The largest absolute Gasteiger partial charge is 0.371 e. The maximum atomic E-state index is 5.54. The third-order valence-electron chi connectivity index (χ3n) is 2.91. The molecule has 1 aromatic rings. The van der Waals surface area contributed by atoms with Gasteiger partial charge in [-0.15, -0.1) is 0 Å². The van der Waals surface area contributed by atoms with E-state index in [1.165, 1.54) is 0 Å². The van der Waals surface area contributed by atoms with Gasteiger partial charge in [0.15, 0.2) is 5.82 Å². The smallest absolute Gasteiger partial charge is 0.160 e. The molecule has 0 aliphatic heterocycles. The lowest BCUT2D eigenvalue weighted by Crippen LogP contribution is -2.27. The van der Waals surface area contributed by atoms with Gasteiger partial charge in [-0.1, -0.05) is 6.92 Å². The van der Waals surface area contributed by atoms with Crippen molar-refractivity contribution in [1.29, 1.82) is 0 Å². The van der Waals surface area contributed by atoms with Gasteiger partial charge in [0.25, 0.3) is 0 Å². The van der Waals surface area contributed by atoms with E-state index < -0.39 is 5.60 Å². The summed E-state index contributed by atoms with van der Waals surface area (Å²) in [6.45, 7) is 6.65. The van der Waals surface area contributed by atoms with Crippen molar-refractivity contribution in [2.24, 2.45) is 5.73 Å². The van der Waals surface area contributed by atoms with Crippen molar-refractivity contribution in [3.05, 3.63) is 23.3 Å². The Morgan fingerprint density at radius 2 is 2.12 bits per heavy atom. The van der Waals surface area contributed by atoms with E-state index in [4.69, 9.17) is 10.5 Å². The normalized spacial score (nSPS) is 14.8. The summed E-state index contributed by atoms with van der Waals surface area (Å²) in [7, 11) is 1.69. The molecule has 0 spiro atoms. The number of nitrogens with zero attached hydrogens (tertiary/aromatic N) is 2. The molecule has 1 unspecified atom stereocenters. The van der Waals surface area contributed by atoms with E-state index in [-0.39, 0.29) is 0 Å². The number of methoxy groups -OCH3 is 1. The minimum absolute atomic E-state index is 0.407. The van der Waals surface area contributed by atoms with Gasteiger partial charge in [0.05, 0.1) is 0 Å². The van der Waals surface area contributed by atoms with Crippen LogP contribution in [-0.4, -0.2) is 23.6 Å². The fraction of sp³-hybridized carbons (Fsp3) is 0.667. The summed E-state index contributed by atoms with van der Waals surface area (Å²) in [5.74, 6) is 0.751. The van der Waals surface area contributed by atoms with E-state index >= 15 is 0 Å². The molecule has 0 radical (unpaired) electrons. The Kier molecular flexibility index (Phi) is 4.38. The Hall–Kier alpha value is -1.00. The molecule has 16 heavy (non-hydrogen) atoms. The summed E-state index contributed by atoms with van der Waals surface area (Å²) in [6, 6.07) is 1.97. The third kappa shape index (κ3) is 2.77. The lowest BCUT2D eigenvalue weighted by atomic mass is 10.0. The molecule has 4 nitrogen and oxygen atoms in total. The number of aryl methyl sites for hydroxylation is 1. The van der Waals surface area contributed by atoms with Crippen LogP contribution in [0.4, 0.5) is 0 Å². The van der Waals surface area contributed by atoms with E-state index in [9.17, 15) is 0 Å². The zero-order chi connectivity index (χ0) is 12.2. The van der Waals surface area contributed by atoms with Crippen LogP contribution in [0, 0.1) is 6.92 Å². The summed E-state index contributed by atoms with van der Waals surface area (Å²) in [5.41, 5.74) is 7.09. The Labute approximate surface area is 97.2 Å². The van der Waals surface area contributed by atoms with Gasteiger partial charge in [-0.2, -0.15) is 0 Å². The molecule has 0 aromatic carbocycles. The van der Waals surface area contributed by atoms with Gasteiger partial charge in [-0.05, 0) is 32.9 Å². The van der Waals surface area contributed by atoms with E-state index in [0.29, 0.717) is 6.54 Å². The summed E-state index contributed by atoms with van der Waals surface area (Å²) in [5, 5.41) is 0. The van der Waals surface area contributed by atoms with Crippen molar-refractivity contribution in [1.82, 2.24) is 9.97 Å². The molecule has 2 N–H and O–H groups in total. The molecular formula is C12H21N3O. The fourth-order valence-corrected chi connectivity index (χ4v) is 1.54. The second-order valence-electron chi connectivity index (χ2n) is 4.15. The Bertz CT molecular complexity index is 348. The molecule has 0 aliphatic rings. The van der Waals surface area contributed by atoms with Crippen LogP contribution in [0.3, 0.4) is 0 Å². The predicted molar refractivity (Wildman–Crippen MR) is 64.2 cm³/mol. The van der Waals surface area contributed by atoms with Crippen molar-refractivity contribution >= 4 is 0 Å². The molecule has 0 amide bonds. The molecule has 1 atom stereocenters. The molecule has 0 saturated heterocycles. The van der Waals surface area contributed by atoms with E-state index in [2.05, 4.69) is 16.9 Å². The van der Waals surface area contributed by atoms with Crippen molar-refractivity contribution < 1.29 is 4.74 Å². The average Bonchev–Trinajstić information content (AvgIpc) is 2.27. The highest BCUT2D eigenvalue weighted by Gasteiger charge is 2.27. The highest BCUT2D eigenvalue weighted by molar-refractivity contribution is 5.14. The number of hydrogen-bond acceptors (Lipinski definition) is 4. The van der Waals surface area contributed by atoms with Gasteiger partial charge in [0.1, 0.15) is 5.60 Å². The monoisotopic (exact) mass is 223 g/mol. The molecule has 1 aromatic heterocycles. The fourth-order valence-electron chi connectivity index (χ4n) is 1.54. The van der Waals surface area contributed by atoms with Crippen molar-refractivity contribution in [2.45, 2.75) is 39.2 Å². The predicted octanol–water partition coefficient (Wildman–Crippen LogP) is 1.56. The first-order valence-corrected chi connectivity index (χ1v) is 5.66. The van der Waals surface area contributed by atoms with Crippen LogP contribution in [0.5, 0.6) is 0 Å². The topological polar surface area (TPSA) is 61.0 Å². The summed E-state index contributed by atoms with van der Waals surface area (Å²) >= 11 is 0. The van der Waals surface area contributed by atoms with Gasteiger partial charge in [-0.25, -0.2) is 9.97 Å². The van der Waals surface area contributed by atoms with Crippen LogP contribution in [0.2, 0.25) is 0 Å². The number of ether oxygens (including phenoxy) is 1. The second-order valence-corrected chi connectivity index (χ2v) is 4.15. The number of hydrogen-bond donors (Lipinski definition) is 1. The van der Waals surface area contributed by atoms with E-state index in [1.54, 1.807) is 7.11 Å². The van der Waals surface area contributed by atoms with E-state index in [0.717, 1.165) is 30.1 Å². The van der Waals surface area contributed by atoms with Crippen LogP contribution in [0.25, 0.3) is 0 Å². The van der Waals surface area contributed by atoms with Crippen molar-refractivity contribution in [2.75, 3.05) is 13.7 Å². The van der Waals surface area contributed by atoms with E-state index in [1.807, 2.05) is 19.9 Å². The quantitative estimate of drug-likeness (QED) is 0.823. The number of rotatable bonds is 5. The van der Waals surface area contributed by atoms with Gasteiger partial charge < -0.3 is 10.5 Å². The van der Waals surface area contributed by atoms with Crippen LogP contribution in [-0.2, 0) is 16.8 Å². The lowest BCUT2D eigenvalue weighted by Gasteiger charge is -2.25. The molecule has 1 heterocycles. The second kappa shape index (κ2) is 5.37. The molecule has 0 aliphatic carbocycles. The Morgan fingerprint density at radius 3 is 2.62 bits per heavy atom. The van der Waals surface area contributed by atoms with Crippen LogP contribution in [0.1, 0.15) is 37.5 Å². The minimum atomic E-state index is -0.407. The Balaban J connectivity index is 3.12. The van der Waals surface area contributed by atoms with Crippen LogP contribution >= 0.6 is 0 Å². The standard InChI is InChI=1S/C12H21N3O/c1-5-12(3,16-4)11-14-9(2)8-10(15-11)6-7-13/h8H,5-7,13H2,1-4H3. The molecule has 0 saturated carbocycles. The molecule has 4 heteroatoms. The zero-order valence-corrected chi connectivity index (χ0v) is 10.6. The summed E-state index contributed by atoms with van der Waals surface area (Å²) in [4.78, 5) is 8.97. The summed E-state index contributed by atoms with van der Waals surface area (Å²) in [6.07, 6.45) is 1.62. The Morgan fingerprint density at radius 1 is 1.44 bits per heavy atom. The zero-order valence-electron chi connectivity index (χ0n) is 10.6. The summed E-state index contributed by atoms with van der Waals surface area (Å²) < 4.78 is 5.50. The van der Waals surface area contributed by atoms with Gasteiger partial charge in [0.2, 0.25) is 0 Å². The number of nitrogens with two attached hydrogens (primary N) is 1. The highest BCUT2D eigenvalue weighted by atomic mass is 16.5. The lowest BCUT2D eigenvalue weighted by molar-refractivity contribution is -0.00928. The van der Waals surface area contributed by atoms with Crippen molar-refractivity contribution in [3.8, 4) is 0 Å². The average molecular weight is 223 g/mol. The molecule has 0 fully saturated rings. The third-order valence-corrected chi connectivity index (χ3v) is 2.91. The van der Waals surface area contributed by atoms with Crippen LogP contribution in [0.15, 0.2) is 6.07 Å². The maximum absolute atomic E-state index is 5.54. The van der Waals surface area contributed by atoms with Gasteiger partial charge >= 0.3 is 0 Å². The maximum Gasteiger partial charge on any atom is 0.160 e. The minimum Gasteiger partial charge on any atom is -0.371 e. The molecular weight excluding hydrogens is 202 g/mol. The highest BCUT2D eigenvalue weighted by Crippen LogP contribution is 2.25. The first-order chi connectivity index (χ1) is 7.55.